The number of likely N-dealkylation sites (N-methyl/N-ethyl adjacent to an activating group) is 1. The van der Waals surface area contributed by atoms with Gasteiger partial charge in [0, 0.05) is 26.2 Å². The van der Waals surface area contributed by atoms with Crippen LogP contribution in [0, 0.1) is 0 Å². The first kappa shape index (κ1) is 19.1. The lowest BCUT2D eigenvalue weighted by molar-refractivity contribution is -0.274. The highest BCUT2D eigenvalue weighted by atomic mass is 35.5. The van der Waals surface area contributed by atoms with E-state index in [9.17, 15) is 13.2 Å². The molecule has 1 fully saturated rings. The highest BCUT2D eigenvalue weighted by Gasteiger charge is 2.32. The van der Waals surface area contributed by atoms with E-state index in [1.807, 2.05) is 11.9 Å². The number of piperazine rings is 1. The zero-order valence-corrected chi connectivity index (χ0v) is 14.2. The number of aliphatic imine (C=N–C) groups is 2. The molecule has 0 atom stereocenters. The van der Waals surface area contributed by atoms with Crippen molar-refractivity contribution >= 4 is 29.2 Å². The van der Waals surface area contributed by atoms with Crippen LogP contribution in [0.15, 0.2) is 28.2 Å². The molecule has 7 nitrogen and oxygen atoms in total. The van der Waals surface area contributed by atoms with Crippen molar-refractivity contribution in [1.82, 2.24) is 9.80 Å². The summed E-state index contributed by atoms with van der Waals surface area (Å²) in [4.78, 5) is 12.0. The van der Waals surface area contributed by atoms with E-state index in [0.29, 0.717) is 13.1 Å². The number of nitrogens with two attached hydrogens (primary N) is 2. The lowest BCUT2D eigenvalue weighted by Gasteiger charge is -2.32. The van der Waals surface area contributed by atoms with Crippen LogP contribution in [0.2, 0.25) is 5.02 Å². The van der Waals surface area contributed by atoms with Crippen molar-refractivity contribution in [1.29, 1.82) is 0 Å². The molecule has 0 aromatic heterocycles. The van der Waals surface area contributed by atoms with E-state index in [4.69, 9.17) is 23.1 Å². The first-order chi connectivity index (χ1) is 11.6. The molecule has 1 saturated heterocycles. The average Bonchev–Trinajstić information content (AvgIpc) is 2.49. The Labute approximate surface area is 147 Å². The SMILES string of the molecule is CN1CCN(C(N)=NC(N)=Nc2ccc(OC(F)(F)F)c(Cl)c2)CC1. The number of hydrogen-bond acceptors (Lipinski definition) is 3. The number of nitrogens with zero attached hydrogens (tertiary/aromatic N) is 4. The van der Waals surface area contributed by atoms with Gasteiger partial charge >= 0.3 is 6.36 Å². The normalized spacial score (nSPS) is 17.7. The minimum atomic E-state index is -4.82. The number of benzene rings is 1. The average molecular weight is 379 g/mol. The van der Waals surface area contributed by atoms with Gasteiger partial charge in [0.25, 0.3) is 0 Å². The van der Waals surface area contributed by atoms with Gasteiger partial charge in [-0.25, -0.2) is 4.99 Å². The Hall–Kier alpha value is -2.20. The van der Waals surface area contributed by atoms with Crippen LogP contribution in [-0.2, 0) is 0 Å². The Morgan fingerprint density at radius 3 is 2.40 bits per heavy atom. The number of ether oxygens (including phenoxy) is 1. The molecule has 1 aliphatic rings. The first-order valence-corrected chi connectivity index (χ1v) is 7.69. The molecular formula is C14H18ClF3N6O. The van der Waals surface area contributed by atoms with E-state index in [2.05, 4.69) is 19.6 Å². The van der Waals surface area contributed by atoms with Gasteiger partial charge in [-0.3, -0.25) is 0 Å². The number of rotatable bonds is 2. The summed E-state index contributed by atoms with van der Waals surface area (Å²) in [6.07, 6.45) is -4.82. The van der Waals surface area contributed by atoms with Crippen molar-refractivity contribution < 1.29 is 17.9 Å². The summed E-state index contributed by atoms with van der Waals surface area (Å²) in [6, 6.07) is 3.52. The van der Waals surface area contributed by atoms with E-state index in [1.165, 1.54) is 12.1 Å². The van der Waals surface area contributed by atoms with Crippen LogP contribution in [0.25, 0.3) is 0 Å². The molecule has 0 bridgehead atoms. The Morgan fingerprint density at radius 2 is 1.84 bits per heavy atom. The van der Waals surface area contributed by atoms with Crippen molar-refractivity contribution in [2.45, 2.75) is 6.36 Å². The van der Waals surface area contributed by atoms with Gasteiger partial charge in [0.15, 0.2) is 5.96 Å². The summed E-state index contributed by atoms with van der Waals surface area (Å²) in [5.41, 5.74) is 11.8. The molecule has 1 aliphatic heterocycles. The molecule has 0 saturated carbocycles. The monoisotopic (exact) mass is 378 g/mol. The third-order valence-corrected chi connectivity index (χ3v) is 3.74. The van der Waals surface area contributed by atoms with Gasteiger partial charge < -0.3 is 26.0 Å². The number of guanidine groups is 2. The fraction of sp³-hybridized carbons (Fsp3) is 0.429. The zero-order valence-electron chi connectivity index (χ0n) is 13.4. The van der Waals surface area contributed by atoms with E-state index in [0.717, 1.165) is 19.2 Å². The molecule has 138 valence electrons. The minimum Gasteiger partial charge on any atom is -0.404 e. The molecule has 0 aliphatic carbocycles. The standard InChI is InChI=1S/C14H18ClF3N6O/c1-23-4-6-24(7-5-23)13(20)22-12(19)21-9-2-3-11(10(15)8-9)25-14(16,17)18/h2-3,8H,4-7H2,1H3,(H4,19,20,21,22). The van der Waals surface area contributed by atoms with Crippen molar-refractivity contribution in [2.75, 3.05) is 33.2 Å². The van der Waals surface area contributed by atoms with Gasteiger partial charge in [-0.2, -0.15) is 4.99 Å². The predicted molar refractivity (Wildman–Crippen MR) is 90.1 cm³/mol. The van der Waals surface area contributed by atoms with E-state index >= 15 is 0 Å². The Kier molecular flexibility index (Phi) is 5.96. The molecule has 1 heterocycles. The third kappa shape index (κ3) is 5.98. The number of alkyl halides is 3. The topological polar surface area (TPSA) is 92.5 Å². The van der Waals surface area contributed by atoms with Gasteiger partial charge in [-0.05, 0) is 25.2 Å². The summed E-state index contributed by atoms with van der Waals surface area (Å²) in [6.45, 7) is 3.13. The Bertz CT molecular complexity index is 671. The highest BCUT2D eigenvalue weighted by Crippen LogP contribution is 2.32. The predicted octanol–water partition coefficient (Wildman–Crippen LogP) is 1.75. The van der Waals surface area contributed by atoms with Gasteiger partial charge in [0.1, 0.15) is 5.75 Å². The van der Waals surface area contributed by atoms with Crippen molar-refractivity contribution in [3.05, 3.63) is 23.2 Å². The van der Waals surface area contributed by atoms with Crippen molar-refractivity contribution in [3.8, 4) is 5.75 Å². The summed E-state index contributed by atoms with van der Waals surface area (Å²) < 4.78 is 40.4. The summed E-state index contributed by atoms with van der Waals surface area (Å²) >= 11 is 5.75. The second-order valence-corrected chi connectivity index (χ2v) is 5.80. The molecule has 1 aromatic carbocycles. The fourth-order valence-corrected chi connectivity index (χ4v) is 2.36. The van der Waals surface area contributed by atoms with Crippen LogP contribution in [-0.4, -0.2) is 61.3 Å². The van der Waals surface area contributed by atoms with Crippen molar-refractivity contribution in [3.63, 3.8) is 0 Å². The number of halogens is 4. The van der Waals surface area contributed by atoms with Crippen LogP contribution in [0.3, 0.4) is 0 Å². The highest BCUT2D eigenvalue weighted by molar-refractivity contribution is 6.32. The third-order valence-electron chi connectivity index (χ3n) is 3.44. The van der Waals surface area contributed by atoms with E-state index in [1.54, 1.807) is 0 Å². The molecular weight excluding hydrogens is 361 g/mol. The van der Waals surface area contributed by atoms with Gasteiger partial charge in [0.2, 0.25) is 5.96 Å². The maximum atomic E-state index is 12.2. The summed E-state index contributed by atoms with van der Waals surface area (Å²) in [7, 11) is 2.01. The second kappa shape index (κ2) is 7.79. The molecule has 4 N–H and O–H groups in total. The minimum absolute atomic E-state index is 0.128. The molecule has 1 aromatic rings. The van der Waals surface area contributed by atoms with Gasteiger partial charge in [-0.15, -0.1) is 13.2 Å². The van der Waals surface area contributed by atoms with Crippen LogP contribution in [0.4, 0.5) is 18.9 Å². The molecule has 25 heavy (non-hydrogen) atoms. The van der Waals surface area contributed by atoms with Crippen LogP contribution >= 0.6 is 11.6 Å². The van der Waals surface area contributed by atoms with Crippen LogP contribution < -0.4 is 16.2 Å². The quantitative estimate of drug-likeness (QED) is 0.604. The second-order valence-electron chi connectivity index (χ2n) is 5.39. The largest absolute Gasteiger partial charge is 0.573 e. The fourth-order valence-electron chi connectivity index (χ4n) is 2.15. The molecule has 0 unspecified atom stereocenters. The first-order valence-electron chi connectivity index (χ1n) is 7.31. The van der Waals surface area contributed by atoms with Crippen molar-refractivity contribution in [2.24, 2.45) is 21.5 Å². The van der Waals surface area contributed by atoms with Crippen LogP contribution in [0.5, 0.6) is 5.75 Å². The number of hydrogen-bond donors (Lipinski definition) is 2. The zero-order chi connectivity index (χ0) is 18.6. The molecule has 2 rings (SSSR count). The molecule has 0 radical (unpaired) electrons. The summed E-state index contributed by atoms with van der Waals surface area (Å²) in [5.74, 6) is -0.415. The smallest absolute Gasteiger partial charge is 0.404 e. The van der Waals surface area contributed by atoms with Gasteiger partial charge in [-0.1, -0.05) is 11.6 Å². The van der Waals surface area contributed by atoms with Gasteiger partial charge in [0.05, 0.1) is 10.7 Å². The maximum Gasteiger partial charge on any atom is 0.573 e. The maximum absolute atomic E-state index is 12.2. The lowest BCUT2D eigenvalue weighted by atomic mass is 10.3. The van der Waals surface area contributed by atoms with E-state index < -0.39 is 12.1 Å². The molecule has 0 spiro atoms. The lowest BCUT2D eigenvalue weighted by Crippen LogP contribution is -2.50. The Morgan fingerprint density at radius 1 is 1.20 bits per heavy atom. The Balaban J connectivity index is 2.08. The van der Waals surface area contributed by atoms with E-state index in [-0.39, 0.29) is 22.6 Å². The molecule has 11 heteroatoms. The molecule has 0 amide bonds. The van der Waals surface area contributed by atoms with Crippen LogP contribution in [0.1, 0.15) is 0 Å². The summed E-state index contributed by atoms with van der Waals surface area (Å²) in [5, 5.41) is -0.248.